The number of aromatic nitrogens is 2. The molecule has 1 aromatic heterocycles. The van der Waals surface area contributed by atoms with E-state index in [4.69, 9.17) is 22.1 Å². The lowest BCUT2D eigenvalue weighted by Gasteiger charge is -2.08. The fourth-order valence-electron chi connectivity index (χ4n) is 1.71. The van der Waals surface area contributed by atoms with Gasteiger partial charge >= 0.3 is 6.01 Å². The fraction of sp³-hybridized carbons (Fsp3) is 0.286. The first-order chi connectivity index (χ1) is 9.13. The van der Waals surface area contributed by atoms with Crippen molar-refractivity contribution in [1.29, 1.82) is 0 Å². The van der Waals surface area contributed by atoms with E-state index in [0.717, 1.165) is 28.3 Å². The van der Waals surface area contributed by atoms with Gasteiger partial charge < -0.3 is 10.5 Å². The first kappa shape index (κ1) is 13.8. The van der Waals surface area contributed by atoms with Crippen LogP contribution in [0.2, 0.25) is 5.02 Å². The fourth-order valence-corrected chi connectivity index (χ4v) is 1.96. The van der Waals surface area contributed by atoms with Crippen LogP contribution in [0.25, 0.3) is 0 Å². The summed E-state index contributed by atoms with van der Waals surface area (Å²) in [6, 6.07) is 5.84. The molecule has 0 atom stereocenters. The van der Waals surface area contributed by atoms with Crippen molar-refractivity contribution in [2.24, 2.45) is 5.73 Å². The summed E-state index contributed by atoms with van der Waals surface area (Å²) in [4.78, 5) is 8.41. The van der Waals surface area contributed by atoms with Crippen LogP contribution in [0.3, 0.4) is 0 Å². The van der Waals surface area contributed by atoms with Gasteiger partial charge in [0.2, 0.25) is 0 Å². The molecule has 0 radical (unpaired) electrons. The molecule has 1 heterocycles. The van der Waals surface area contributed by atoms with E-state index in [2.05, 4.69) is 9.97 Å². The Hall–Kier alpha value is -1.65. The summed E-state index contributed by atoms with van der Waals surface area (Å²) < 4.78 is 5.63. The molecule has 0 aliphatic rings. The van der Waals surface area contributed by atoms with E-state index in [1.165, 1.54) is 0 Å². The van der Waals surface area contributed by atoms with Crippen LogP contribution in [0.4, 0.5) is 0 Å². The van der Waals surface area contributed by atoms with Gasteiger partial charge in [-0.3, -0.25) is 0 Å². The highest BCUT2D eigenvalue weighted by Crippen LogP contribution is 2.25. The standard InChI is InChI=1S/C14H16ClN3O/c1-3-10-6-12(4-5-13(10)15)19-14-17-8-11(7-16)9(2)18-14/h4-6,8H,3,7,16H2,1-2H3. The number of nitrogens with zero attached hydrogens (tertiary/aromatic N) is 2. The third-order valence-corrected chi connectivity index (χ3v) is 3.25. The SMILES string of the molecule is CCc1cc(Oc2ncc(CN)c(C)n2)ccc1Cl. The number of rotatable bonds is 4. The second-order valence-corrected chi connectivity index (χ2v) is 4.58. The van der Waals surface area contributed by atoms with Crippen LogP contribution in [0.1, 0.15) is 23.7 Å². The van der Waals surface area contributed by atoms with Crippen molar-refractivity contribution >= 4 is 11.6 Å². The van der Waals surface area contributed by atoms with E-state index in [-0.39, 0.29) is 0 Å². The molecule has 0 aliphatic carbocycles. The number of benzene rings is 1. The molecular formula is C14H16ClN3O. The van der Waals surface area contributed by atoms with Crippen LogP contribution < -0.4 is 10.5 Å². The number of ether oxygens (including phenoxy) is 1. The second kappa shape index (κ2) is 5.99. The van der Waals surface area contributed by atoms with Crippen LogP contribution >= 0.6 is 11.6 Å². The van der Waals surface area contributed by atoms with Crippen LogP contribution in [0.5, 0.6) is 11.8 Å². The monoisotopic (exact) mass is 277 g/mol. The number of hydrogen-bond acceptors (Lipinski definition) is 4. The highest BCUT2D eigenvalue weighted by molar-refractivity contribution is 6.31. The van der Waals surface area contributed by atoms with Gasteiger partial charge in [0.15, 0.2) is 0 Å². The third kappa shape index (κ3) is 3.22. The van der Waals surface area contributed by atoms with Crippen LogP contribution in [-0.4, -0.2) is 9.97 Å². The van der Waals surface area contributed by atoms with E-state index < -0.39 is 0 Å². The van der Waals surface area contributed by atoms with Gasteiger partial charge in [-0.2, -0.15) is 4.98 Å². The molecule has 0 fully saturated rings. The molecule has 1 aromatic carbocycles. The zero-order valence-electron chi connectivity index (χ0n) is 11.0. The summed E-state index contributed by atoms with van der Waals surface area (Å²) in [7, 11) is 0. The third-order valence-electron chi connectivity index (χ3n) is 2.89. The summed E-state index contributed by atoms with van der Waals surface area (Å²) in [5.41, 5.74) is 8.35. The molecule has 0 saturated heterocycles. The number of hydrogen-bond donors (Lipinski definition) is 1. The lowest BCUT2D eigenvalue weighted by molar-refractivity contribution is 0.439. The van der Waals surface area contributed by atoms with Crippen LogP contribution in [0, 0.1) is 6.92 Å². The molecule has 5 heteroatoms. The van der Waals surface area contributed by atoms with Crippen molar-refractivity contribution in [3.05, 3.63) is 46.2 Å². The highest BCUT2D eigenvalue weighted by atomic mass is 35.5. The average Bonchev–Trinajstić information content (AvgIpc) is 2.41. The maximum atomic E-state index is 6.06. The average molecular weight is 278 g/mol. The first-order valence-electron chi connectivity index (χ1n) is 6.13. The molecular weight excluding hydrogens is 262 g/mol. The van der Waals surface area contributed by atoms with Crippen molar-refractivity contribution in [2.45, 2.75) is 26.8 Å². The van der Waals surface area contributed by atoms with Crippen molar-refractivity contribution in [3.8, 4) is 11.8 Å². The summed E-state index contributed by atoms with van der Waals surface area (Å²) >= 11 is 6.06. The second-order valence-electron chi connectivity index (χ2n) is 4.18. The molecule has 0 aliphatic heterocycles. The minimum absolute atomic E-state index is 0.319. The van der Waals surface area contributed by atoms with Gasteiger partial charge in [0.25, 0.3) is 0 Å². The smallest absolute Gasteiger partial charge is 0.322 e. The van der Waals surface area contributed by atoms with E-state index in [0.29, 0.717) is 18.3 Å². The Morgan fingerprint density at radius 3 is 2.74 bits per heavy atom. The molecule has 0 unspecified atom stereocenters. The van der Waals surface area contributed by atoms with E-state index >= 15 is 0 Å². The quantitative estimate of drug-likeness (QED) is 0.932. The Labute approximate surface area is 117 Å². The largest absolute Gasteiger partial charge is 0.424 e. The maximum Gasteiger partial charge on any atom is 0.322 e. The summed E-state index contributed by atoms with van der Waals surface area (Å²) in [6.45, 7) is 4.35. The lowest BCUT2D eigenvalue weighted by atomic mass is 10.1. The number of aryl methyl sites for hydroxylation is 2. The Kier molecular flexibility index (Phi) is 4.35. The van der Waals surface area contributed by atoms with Gasteiger partial charge in [0, 0.05) is 29.0 Å². The molecule has 0 bridgehead atoms. The lowest BCUT2D eigenvalue weighted by Crippen LogP contribution is -2.03. The molecule has 2 N–H and O–H groups in total. The van der Waals surface area contributed by atoms with Gasteiger partial charge in [-0.15, -0.1) is 0 Å². The van der Waals surface area contributed by atoms with Gasteiger partial charge in [0.05, 0.1) is 0 Å². The molecule has 0 saturated carbocycles. The minimum Gasteiger partial charge on any atom is -0.424 e. The molecule has 4 nitrogen and oxygen atoms in total. The van der Waals surface area contributed by atoms with Crippen molar-refractivity contribution in [1.82, 2.24) is 9.97 Å². The zero-order chi connectivity index (χ0) is 13.8. The number of nitrogens with two attached hydrogens (primary N) is 1. The topological polar surface area (TPSA) is 61.0 Å². The summed E-state index contributed by atoms with van der Waals surface area (Å²) in [6.07, 6.45) is 2.54. The van der Waals surface area contributed by atoms with E-state index in [1.807, 2.05) is 26.0 Å². The van der Waals surface area contributed by atoms with Crippen molar-refractivity contribution in [2.75, 3.05) is 0 Å². The van der Waals surface area contributed by atoms with Crippen LogP contribution in [0.15, 0.2) is 24.4 Å². The van der Waals surface area contributed by atoms with Gasteiger partial charge in [0.1, 0.15) is 5.75 Å². The Morgan fingerprint density at radius 2 is 2.11 bits per heavy atom. The van der Waals surface area contributed by atoms with E-state index in [1.54, 1.807) is 12.3 Å². The van der Waals surface area contributed by atoms with Gasteiger partial charge in [-0.05, 0) is 37.1 Å². The molecule has 0 amide bonds. The normalized spacial score (nSPS) is 10.5. The minimum atomic E-state index is 0.319. The molecule has 100 valence electrons. The molecule has 2 rings (SSSR count). The molecule has 2 aromatic rings. The maximum absolute atomic E-state index is 6.06. The molecule has 0 spiro atoms. The van der Waals surface area contributed by atoms with Gasteiger partial charge in [-0.1, -0.05) is 18.5 Å². The Morgan fingerprint density at radius 1 is 1.32 bits per heavy atom. The molecule has 19 heavy (non-hydrogen) atoms. The highest BCUT2D eigenvalue weighted by Gasteiger charge is 2.06. The zero-order valence-corrected chi connectivity index (χ0v) is 11.7. The Balaban J connectivity index is 2.23. The van der Waals surface area contributed by atoms with E-state index in [9.17, 15) is 0 Å². The predicted octanol–water partition coefficient (Wildman–Crippen LogP) is 3.25. The van der Waals surface area contributed by atoms with Crippen molar-refractivity contribution < 1.29 is 4.74 Å². The predicted molar refractivity (Wildman–Crippen MR) is 75.6 cm³/mol. The Bertz CT molecular complexity index is 587. The number of halogens is 1. The first-order valence-corrected chi connectivity index (χ1v) is 6.50. The van der Waals surface area contributed by atoms with Crippen molar-refractivity contribution in [3.63, 3.8) is 0 Å². The van der Waals surface area contributed by atoms with Crippen LogP contribution in [-0.2, 0) is 13.0 Å². The summed E-state index contributed by atoms with van der Waals surface area (Å²) in [5, 5.41) is 0.741. The summed E-state index contributed by atoms with van der Waals surface area (Å²) in [5.74, 6) is 0.682. The van der Waals surface area contributed by atoms with Gasteiger partial charge in [-0.25, -0.2) is 4.98 Å².